The average Bonchev–Trinajstić information content (AvgIpc) is 3.21. The zero-order chi connectivity index (χ0) is 14.1. The summed E-state index contributed by atoms with van der Waals surface area (Å²) in [6.07, 6.45) is 1.21. The monoisotopic (exact) mass is 274 g/mol. The molecule has 1 fully saturated rings. The number of rotatable bonds is 3. The van der Waals surface area contributed by atoms with Gasteiger partial charge in [0, 0.05) is 13.0 Å². The van der Waals surface area contributed by atoms with Gasteiger partial charge in [-0.15, -0.1) is 0 Å². The van der Waals surface area contributed by atoms with Gasteiger partial charge in [-0.3, -0.25) is 4.79 Å². The molecule has 0 saturated carbocycles. The molecule has 5 nitrogen and oxygen atoms in total. The van der Waals surface area contributed by atoms with Crippen molar-refractivity contribution in [1.82, 2.24) is 0 Å². The van der Waals surface area contributed by atoms with E-state index < -0.39 is 24.1 Å². The maximum absolute atomic E-state index is 11.4. The van der Waals surface area contributed by atoms with Crippen molar-refractivity contribution >= 4 is 11.9 Å². The summed E-state index contributed by atoms with van der Waals surface area (Å²) in [6, 6.07) is 9.67. The number of carbonyl (C=O) groups excluding carboxylic acids is 2. The third-order valence-corrected chi connectivity index (χ3v) is 3.28. The minimum absolute atomic E-state index is 0.126. The lowest BCUT2D eigenvalue weighted by molar-refractivity contribution is -0.163. The number of carbonyl (C=O) groups is 2. The predicted molar refractivity (Wildman–Crippen MR) is 68.6 cm³/mol. The van der Waals surface area contributed by atoms with Crippen LogP contribution in [0, 0.1) is 0 Å². The van der Waals surface area contributed by atoms with Gasteiger partial charge >= 0.3 is 11.9 Å². The highest BCUT2D eigenvalue weighted by atomic mass is 16.6. The maximum atomic E-state index is 11.4. The number of epoxide rings is 1. The highest BCUT2D eigenvalue weighted by Gasteiger charge is 2.52. The van der Waals surface area contributed by atoms with Crippen LogP contribution >= 0.6 is 0 Å². The Morgan fingerprint density at radius 1 is 1.20 bits per heavy atom. The summed E-state index contributed by atoms with van der Waals surface area (Å²) in [5.74, 6) is -0.861. The molecule has 0 amide bonds. The second-order valence-corrected chi connectivity index (χ2v) is 4.77. The van der Waals surface area contributed by atoms with Gasteiger partial charge < -0.3 is 14.2 Å². The first-order valence-corrected chi connectivity index (χ1v) is 6.41. The van der Waals surface area contributed by atoms with E-state index in [9.17, 15) is 9.59 Å². The molecule has 1 aromatic rings. The van der Waals surface area contributed by atoms with Crippen LogP contribution in [0.25, 0.3) is 0 Å². The van der Waals surface area contributed by atoms with E-state index in [1.54, 1.807) is 6.08 Å². The van der Waals surface area contributed by atoms with Gasteiger partial charge in [0.1, 0.15) is 12.2 Å². The minimum Gasteiger partial charge on any atom is -0.454 e. The Morgan fingerprint density at radius 3 is 2.65 bits per heavy atom. The van der Waals surface area contributed by atoms with Crippen molar-refractivity contribution in [3.8, 4) is 0 Å². The van der Waals surface area contributed by atoms with E-state index in [4.69, 9.17) is 14.2 Å². The lowest BCUT2D eigenvalue weighted by Gasteiger charge is -2.25. The minimum atomic E-state index is -0.596. The van der Waals surface area contributed by atoms with Crippen LogP contribution in [0.4, 0.5) is 0 Å². The molecule has 0 unspecified atom stereocenters. The van der Waals surface area contributed by atoms with Crippen LogP contribution in [0.15, 0.2) is 42.5 Å². The molecular formula is C15H14O5. The third kappa shape index (κ3) is 2.58. The first-order valence-electron chi connectivity index (χ1n) is 6.41. The van der Waals surface area contributed by atoms with E-state index >= 15 is 0 Å². The van der Waals surface area contributed by atoms with E-state index in [2.05, 4.69) is 0 Å². The maximum Gasteiger partial charge on any atom is 0.331 e. The van der Waals surface area contributed by atoms with Gasteiger partial charge in [-0.2, -0.15) is 0 Å². The van der Waals surface area contributed by atoms with Gasteiger partial charge in [-0.25, -0.2) is 4.79 Å². The molecule has 2 heterocycles. The molecule has 1 saturated heterocycles. The van der Waals surface area contributed by atoms with Crippen molar-refractivity contribution in [2.75, 3.05) is 0 Å². The molecule has 2 aliphatic rings. The standard InChI is InChI=1S/C15H14O5/c1-9(16)18-11-7-8-12(17)19-14(11)15-13(20-15)10-5-3-2-4-6-10/h2-8,11,13-15H,1H3/t11-,13+,14+,15+/m0/s1. The smallest absolute Gasteiger partial charge is 0.331 e. The SMILES string of the molecule is CC(=O)O[C@H]1C=CC(=O)O[C@H]1[C@@H]1O[C@@H]1c1ccccc1. The molecule has 3 rings (SSSR count). The average molecular weight is 274 g/mol. The van der Waals surface area contributed by atoms with Crippen molar-refractivity contribution in [1.29, 1.82) is 0 Å². The lowest BCUT2D eigenvalue weighted by atomic mass is 10.0. The summed E-state index contributed by atoms with van der Waals surface area (Å²) in [6.45, 7) is 1.32. The summed E-state index contributed by atoms with van der Waals surface area (Å²) in [4.78, 5) is 22.5. The van der Waals surface area contributed by atoms with Gasteiger partial charge in [0.15, 0.2) is 12.2 Å². The fourth-order valence-corrected chi connectivity index (χ4v) is 2.36. The predicted octanol–water partition coefficient (Wildman–Crippen LogP) is 1.54. The second-order valence-electron chi connectivity index (χ2n) is 4.77. The molecule has 1 aromatic carbocycles. The van der Waals surface area contributed by atoms with Gasteiger partial charge in [-0.05, 0) is 11.6 Å². The zero-order valence-corrected chi connectivity index (χ0v) is 10.9. The Labute approximate surface area is 116 Å². The lowest BCUT2D eigenvalue weighted by Crippen LogP contribution is -2.40. The molecule has 4 atom stereocenters. The molecule has 5 heteroatoms. The molecule has 20 heavy (non-hydrogen) atoms. The first kappa shape index (κ1) is 12.9. The normalized spacial score (nSPS) is 31.6. The van der Waals surface area contributed by atoms with Crippen LogP contribution in [0.2, 0.25) is 0 Å². The van der Waals surface area contributed by atoms with Crippen molar-refractivity contribution in [2.45, 2.75) is 31.3 Å². The highest BCUT2D eigenvalue weighted by Crippen LogP contribution is 2.43. The van der Waals surface area contributed by atoms with Gasteiger partial charge in [0.05, 0.1) is 0 Å². The quantitative estimate of drug-likeness (QED) is 0.618. The number of hydrogen-bond donors (Lipinski definition) is 0. The van der Waals surface area contributed by atoms with E-state index in [0.29, 0.717) is 0 Å². The summed E-state index contributed by atoms with van der Waals surface area (Å²) >= 11 is 0. The van der Waals surface area contributed by atoms with Crippen LogP contribution in [0.3, 0.4) is 0 Å². The molecule has 0 radical (unpaired) electrons. The molecule has 0 bridgehead atoms. The zero-order valence-electron chi connectivity index (χ0n) is 10.9. The van der Waals surface area contributed by atoms with E-state index in [0.717, 1.165) is 5.56 Å². The Hall–Kier alpha value is -2.14. The summed E-state index contributed by atoms with van der Waals surface area (Å²) < 4.78 is 16.0. The molecular weight excluding hydrogens is 260 g/mol. The number of hydrogen-bond acceptors (Lipinski definition) is 5. The van der Waals surface area contributed by atoms with Crippen molar-refractivity contribution < 1.29 is 23.8 Å². The van der Waals surface area contributed by atoms with Crippen LogP contribution in [0.5, 0.6) is 0 Å². The van der Waals surface area contributed by atoms with E-state index in [1.165, 1.54) is 13.0 Å². The Kier molecular flexibility index (Phi) is 3.28. The van der Waals surface area contributed by atoms with Gasteiger partial charge in [0.2, 0.25) is 0 Å². The summed E-state index contributed by atoms with van der Waals surface area (Å²) in [7, 11) is 0. The number of cyclic esters (lactones) is 1. The Morgan fingerprint density at radius 2 is 1.95 bits per heavy atom. The van der Waals surface area contributed by atoms with Crippen LogP contribution in [0.1, 0.15) is 18.6 Å². The Balaban J connectivity index is 1.74. The Bertz CT molecular complexity index is 551. The fourth-order valence-electron chi connectivity index (χ4n) is 2.36. The largest absolute Gasteiger partial charge is 0.454 e. The molecule has 2 aliphatic heterocycles. The summed E-state index contributed by atoms with van der Waals surface area (Å²) in [5, 5.41) is 0. The summed E-state index contributed by atoms with van der Waals surface area (Å²) in [5.41, 5.74) is 1.02. The number of ether oxygens (including phenoxy) is 3. The van der Waals surface area contributed by atoms with E-state index in [-0.39, 0.29) is 12.2 Å². The molecule has 104 valence electrons. The van der Waals surface area contributed by atoms with Crippen molar-refractivity contribution in [3.63, 3.8) is 0 Å². The van der Waals surface area contributed by atoms with Crippen LogP contribution in [-0.4, -0.2) is 30.3 Å². The molecule has 0 aliphatic carbocycles. The van der Waals surface area contributed by atoms with Crippen LogP contribution < -0.4 is 0 Å². The topological polar surface area (TPSA) is 65.1 Å². The van der Waals surface area contributed by atoms with Crippen molar-refractivity contribution in [2.24, 2.45) is 0 Å². The van der Waals surface area contributed by atoms with Crippen molar-refractivity contribution in [3.05, 3.63) is 48.0 Å². The molecule has 0 N–H and O–H groups in total. The highest BCUT2D eigenvalue weighted by molar-refractivity contribution is 5.83. The first-order chi connectivity index (χ1) is 9.65. The fraction of sp³-hybridized carbons (Fsp3) is 0.333. The van der Waals surface area contributed by atoms with Crippen LogP contribution in [-0.2, 0) is 23.8 Å². The number of benzene rings is 1. The molecule has 0 aromatic heterocycles. The third-order valence-electron chi connectivity index (χ3n) is 3.28. The second kappa shape index (κ2) is 5.09. The number of esters is 2. The van der Waals surface area contributed by atoms with E-state index in [1.807, 2.05) is 30.3 Å². The van der Waals surface area contributed by atoms with Gasteiger partial charge in [0.25, 0.3) is 0 Å². The van der Waals surface area contributed by atoms with Gasteiger partial charge in [-0.1, -0.05) is 30.3 Å². The molecule has 0 spiro atoms.